The Morgan fingerprint density at radius 3 is 2.23 bits per heavy atom. The van der Waals surface area contributed by atoms with Crippen molar-refractivity contribution in [3.05, 3.63) is 0 Å². The maximum Gasteiger partial charge on any atom is 0.0313 e. The van der Waals surface area contributed by atoms with Crippen LogP contribution in [-0.2, 0) is 0 Å². The Morgan fingerprint density at radius 1 is 1.23 bits per heavy atom. The predicted molar refractivity (Wildman–Crippen MR) is 55.6 cm³/mol. The lowest BCUT2D eigenvalue weighted by Crippen LogP contribution is -2.41. The standard InChI is InChI=1S/C11H22N2/c1-10-8-11(10,12)9-13-6-4-2-3-5-7-13/h10H,2-9,12H2,1H3. The summed E-state index contributed by atoms with van der Waals surface area (Å²) in [5, 5.41) is 0. The number of nitrogens with zero attached hydrogens (tertiary/aromatic N) is 1. The van der Waals surface area contributed by atoms with Crippen molar-refractivity contribution < 1.29 is 0 Å². The van der Waals surface area contributed by atoms with Crippen molar-refractivity contribution in [3.63, 3.8) is 0 Å². The molecule has 2 atom stereocenters. The van der Waals surface area contributed by atoms with Crippen LogP contribution in [0.4, 0.5) is 0 Å². The summed E-state index contributed by atoms with van der Waals surface area (Å²) in [5.41, 5.74) is 6.42. The van der Waals surface area contributed by atoms with Gasteiger partial charge in [-0.15, -0.1) is 0 Å². The Hall–Kier alpha value is -0.0800. The molecule has 0 amide bonds. The summed E-state index contributed by atoms with van der Waals surface area (Å²) in [6.07, 6.45) is 6.84. The van der Waals surface area contributed by atoms with Gasteiger partial charge >= 0.3 is 0 Å². The van der Waals surface area contributed by atoms with Crippen LogP contribution < -0.4 is 5.73 Å². The summed E-state index contributed by atoms with van der Waals surface area (Å²) < 4.78 is 0. The molecule has 1 saturated heterocycles. The zero-order chi connectivity index (χ0) is 9.31. The van der Waals surface area contributed by atoms with Gasteiger partial charge < -0.3 is 10.6 Å². The third kappa shape index (κ3) is 2.23. The Bertz CT molecular complexity index is 173. The SMILES string of the molecule is CC1CC1(N)CN1CCCCCC1. The summed E-state index contributed by atoms with van der Waals surface area (Å²) in [6.45, 7) is 5.99. The topological polar surface area (TPSA) is 29.3 Å². The van der Waals surface area contributed by atoms with Gasteiger partial charge in [0.15, 0.2) is 0 Å². The molecule has 2 nitrogen and oxygen atoms in total. The zero-order valence-electron chi connectivity index (χ0n) is 8.76. The van der Waals surface area contributed by atoms with Crippen molar-refractivity contribution in [2.45, 2.75) is 44.6 Å². The van der Waals surface area contributed by atoms with Crippen molar-refractivity contribution in [2.24, 2.45) is 11.7 Å². The van der Waals surface area contributed by atoms with Gasteiger partial charge in [0.05, 0.1) is 0 Å². The van der Waals surface area contributed by atoms with Gasteiger partial charge in [0.2, 0.25) is 0 Å². The molecule has 1 saturated carbocycles. The molecule has 1 aliphatic heterocycles. The van der Waals surface area contributed by atoms with Gasteiger partial charge in [0, 0.05) is 12.1 Å². The zero-order valence-corrected chi connectivity index (χ0v) is 8.76. The number of hydrogen-bond donors (Lipinski definition) is 1. The number of rotatable bonds is 2. The molecule has 0 spiro atoms. The minimum absolute atomic E-state index is 0.185. The van der Waals surface area contributed by atoms with Crippen LogP contribution in [0, 0.1) is 5.92 Å². The number of hydrogen-bond acceptors (Lipinski definition) is 2. The first-order chi connectivity index (χ1) is 6.21. The highest BCUT2D eigenvalue weighted by atomic mass is 15.2. The second-order valence-electron chi connectivity index (χ2n) is 5.03. The molecule has 2 rings (SSSR count). The first kappa shape index (κ1) is 9.47. The van der Waals surface area contributed by atoms with E-state index in [1.807, 2.05) is 0 Å². The molecule has 1 heterocycles. The molecule has 2 unspecified atom stereocenters. The van der Waals surface area contributed by atoms with E-state index in [1.165, 1.54) is 45.2 Å². The summed E-state index contributed by atoms with van der Waals surface area (Å²) >= 11 is 0. The van der Waals surface area contributed by atoms with Gasteiger partial charge in [0.25, 0.3) is 0 Å². The van der Waals surface area contributed by atoms with Crippen LogP contribution in [0.25, 0.3) is 0 Å². The average Bonchev–Trinajstić information content (AvgIpc) is 2.73. The molecule has 2 fully saturated rings. The summed E-state index contributed by atoms with van der Waals surface area (Å²) in [4.78, 5) is 2.58. The molecule has 2 aliphatic rings. The van der Waals surface area contributed by atoms with Crippen LogP contribution >= 0.6 is 0 Å². The van der Waals surface area contributed by atoms with E-state index in [1.54, 1.807) is 0 Å². The molecule has 2 heteroatoms. The maximum absolute atomic E-state index is 6.23. The van der Waals surface area contributed by atoms with E-state index in [4.69, 9.17) is 5.73 Å². The molecule has 1 aliphatic carbocycles. The fraction of sp³-hybridized carbons (Fsp3) is 1.00. The lowest BCUT2D eigenvalue weighted by Gasteiger charge is -2.24. The molecule has 2 N–H and O–H groups in total. The molecule has 0 bridgehead atoms. The molecule has 0 radical (unpaired) electrons. The van der Waals surface area contributed by atoms with E-state index in [2.05, 4.69) is 11.8 Å². The molecular formula is C11H22N2. The first-order valence-electron chi connectivity index (χ1n) is 5.72. The second kappa shape index (κ2) is 3.58. The third-order valence-corrected chi connectivity index (χ3v) is 3.72. The van der Waals surface area contributed by atoms with Gasteiger partial charge in [-0.2, -0.15) is 0 Å². The van der Waals surface area contributed by atoms with Gasteiger partial charge in [-0.25, -0.2) is 0 Å². The van der Waals surface area contributed by atoms with Gasteiger partial charge in [-0.05, 0) is 38.3 Å². The van der Waals surface area contributed by atoms with Crippen LogP contribution in [-0.4, -0.2) is 30.1 Å². The quantitative estimate of drug-likeness (QED) is 0.703. The normalized spacial score (nSPS) is 41.5. The van der Waals surface area contributed by atoms with Crippen molar-refractivity contribution >= 4 is 0 Å². The average molecular weight is 182 g/mol. The Kier molecular flexibility index (Phi) is 2.61. The number of likely N-dealkylation sites (tertiary alicyclic amines) is 1. The highest BCUT2D eigenvalue weighted by Gasteiger charge is 2.48. The predicted octanol–water partition coefficient (Wildman–Crippen LogP) is 1.60. The summed E-state index contributed by atoms with van der Waals surface area (Å²) in [7, 11) is 0. The minimum Gasteiger partial charge on any atom is -0.324 e. The van der Waals surface area contributed by atoms with E-state index in [0.29, 0.717) is 0 Å². The Labute approximate surface area is 81.5 Å². The molecule has 13 heavy (non-hydrogen) atoms. The maximum atomic E-state index is 6.23. The number of nitrogens with two attached hydrogens (primary N) is 1. The molecular weight excluding hydrogens is 160 g/mol. The summed E-state index contributed by atoms with van der Waals surface area (Å²) in [5.74, 6) is 0.760. The molecule has 0 aromatic heterocycles. The van der Waals surface area contributed by atoms with Crippen molar-refractivity contribution in [1.82, 2.24) is 4.90 Å². The lowest BCUT2D eigenvalue weighted by molar-refractivity contribution is 0.254. The highest BCUT2D eigenvalue weighted by molar-refractivity contribution is 5.07. The van der Waals surface area contributed by atoms with Gasteiger partial charge in [-0.3, -0.25) is 0 Å². The highest BCUT2D eigenvalue weighted by Crippen LogP contribution is 2.41. The monoisotopic (exact) mass is 182 g/mol. The van der Waals surface area contributed by atoms with Crippen LogP contribution in [0.15, 0.2) is 0 Å². The summed E-state index contributed by atoms with van der Waals surface area (Å²) in [6, 6.07) is 0. The van der Waals surface area contributed by atoms with E-state index in [0.717, 1.165) is 12.5 Å². The van der Waals surface area contributed by atoms with Crippen molar-refractivity contribution in [1.29, 1.82) is 0 Å². The molecule has 76 valence electrons. The van der Waals surface area contributed by atoms with E-state index >= 15 is 0 Å². The van der Waals surface area contributed by atoms with E-state index in [-0.39, 0.29) is 5.54 Å². The Balaban J connectivity index is 1.80. The second-order valence-corrected chi connectivity index (χ2v) is 5.03. The Morgan fingerprint density at radius 2 is 1.77 bits per heavy atom. The van der Waals surface area contributed by atoms with Crippen LogP contribution in [0.2, 0.25) is 0 Å². The largest absolute Gasteiger partial charge is 0.324 e. The van der Waals surface area contributed by atoms with Crippen molar-refractivity contribution in [2.75, 3.05) is 19.6 Å². The van der Waals surface area contributed by atoms with Crippen LogP contribution in [0.5, 0.6) is 0 Å². The van der Waals surface area contributed by atoms with E-state index < -0.39 is 0 Å². The minimum atomic E-state index is 0.185. The van der Waals surface area contributed by atoms with Gasteiger partial charge in [0.1, 0.15) is 0 Å². The first-order valence-corrected chi connectivity index (χ1v) is 5.72. The lowest BCUT2D eigenvalue weighted by atomic mass is 10.2. The molecule has 0 aromatic rings. The molecule has 0 aromatic carbocycles. The fourth-order valence-electron chi connectivity index (χ4n) is 2.44. The van der Waals surface area contributed by atoms with Crippen molar-refractivity contribution in [3.8, 4) is 0 Å². The van der Waals surface area contributed by atoms with Crippen LogP contribution in [0.1, 0.15) is 39.0 Å². The van der Waals surface area contributed by atoms with Gasteiger partial charge in [-0.1, -0.05) is 19.8 Å². The van der Waals surface area contributed by atoms with Crippen LogP contribution in [0.3, 0.4) is 0 Å². The van der Waals surface area contributed by atoms with E-state index in [9.17, 15) is 0 Å². The fourth-order valence-corrected chi connectivity index (χ4v) is 2.44. The smallest absolute Gasteiger partial charge is 0.0313 e. The third-order valence-electron chi connectivity index (χ3n) is 3.72.